The van der Waals surface area contributed by atoms with Gasteiger partial charge in [-0.05, 0) is 89.9 Å². The third-order valence-corrected chi connectivity index (χ3v) is 10.2. The molecule has 0 aromatic rings. The predicted octanol–water partition coefficient (Wildman–Crippen LogP) is 16.4. The van der Waals surface area contributed by atoms with Gasteiger partial charge in [-0.3, -0.25) is 14.4 Å². The van der Waals surface area contributed by atoms with Crippen LogP contribution in [0, 0.1) is 0 Å². The molecule has 6 heteroatoms. The fourth-order valence-corrected chi connectivity index (χ4v) is 6.40. The Morgan fingerprint density at radius 1 is 0.339 bits per heavy atom. The summed E-state index contributed by atoms with van der Waals surface area (Å²) in [4.78, 5) is 37.9. The maximum absolute atomic E-state index is 12.8. The largest absolute Gasteiger partial charge is 0.462 e. The van der Waals surface area contributed by atoms with E-state index in [1.54, 1.807) is 0 Å². The van der Waals surface area contributed by atoms with Crippen LogP contribution in [0.2, 0.25) is 0 Å². The number of hydrogen-bond acceptors (Lipinski definition) is 6. The summed E-state index contributed by atoms with van der Waals surface area (Å²) < 4.78 is 16.7. The zero-order valence-electron chi connectivity index (χ0n) is 39.8. The molecule has 0 saturated carbocycles. The van der Waals surface area contributed by atoms with Crippen molar-refractivity contribution in [2.24, 2.45) is 0 Å². The average molecular weight is 859 g/mol. The van der Waals surface area contributed by atoms with Crippen LogP contribution in [0.5, 0.6) is 0 Å². The molecule has 0 aromatic heterocycles. The molecule has 0 N–H and O–H groups in total. The fraction of sp³-hybridized carbons (Fsp3) is 0.625. The maximum Gasteiger partial charge on any atom is 0.306 e. The van der Waals surface area contributed by atoms with Gasteiger partial charge in [-0.25, -0.2) is 0 Å². The third kappa shape index (κ3) is 47.1. The first-order valence-electron chi connectivity index (χ1n) is 25.0. The zero-order valence-corrected chi connectivity index (χ0v) is 39.8. The molecule has 0 aliphatic rings. The highest BCUT2D eigenvalue weighted by Crippen LogP contribution is 2.12. The molecule has 62 heavy (non-hydrogen) atoms. The molecular formula is C56H90O6. The molecule has 0 bridgehead atoms. The number of carbonyl (C=O) groups excluding carboxylic acids is 3. The number of carbonyl (C=O) groups is 3. The molecule has 0 aliphatic heterocycles. The normalized spacial score (nSPS) is 13.0. The Bertz CT molecular complexity index is 1310. The first kappa shape index (κ1) is 58.1. The Balaban J connectivity index is 4.52. The topological polar surface area (TPSA) is 78.9 Å². The van der Waals surface area contributed by atoms with Gasteiger partial charge in [-0.15, -0.1) is 0 Å². The molecular weight excluding hydrogens is 769 g/mol. The van der Waals surface area contributed by atoms with Crippen LogP contribution in [0.25, 0.3) is 0 Å². The second-order valence-corrected chi connectivity index (χ2v) is 16.2. The van der Waals surface area contributed by atoms with Gasteiger partial charge in [0.25, 0.3) is 0 Å². The van der Waals surface area contributed by atoms with Crippen molar-refractivity contribution in [1.29, 1.82) is 0 Å². The molecule has 6 nitrogen and oxygen atoms in total. The summed E-state index contributed by atoms with van der Waals surface area (Å²) in [7, 11) is 0. The van der Waals surface area contributed by atoms with Crippen LogP contribution in [0.4, 0.5) is 0 Å². The lowest BCUT2D eigenvalue weighted by molar-refractivity contribution is -0.167. The standard InChI is InChI=1S/C56H90O6/c1-4-7-10-13-16-19-22-25-26-27-28-29-32-34-37-40-43-46-49-55(58)61-52-53(62-56(59)50-47-44-41-38-35-31-24-21-18-15-12-9-6-3)51-60-54(57)48-45-42-39-36-33-30-23-20-17-14-11-8-5-2/h9,12,15-16,18-19,21-22,24-31,33,35,53H,4-8,10-11,13-14,17,20,23,32,34,36-52H2,1-3H3/b12-9+,18-15+,19-16+,24-21+,25-22+,27-26+,29-28+,33-30+,35-31+. The van der Waals surface area contributed by atoms with Crippen molar-refractivity contribution < 1.29 is 28.6 Å². The molecule has 0 saturated heterocycles. The summed E-state index contributed by atoms with van der Waals surface area (Å²) in [5, 5.41) is 0. The second kappa shape index (κ2) is 49.7. The highest BCUT2D eigenvalue weighted by Gasteiger charge is 2.19. The van der Waals surface area contributed by atoms with Gasteiger partial charge in [0.05, 0.1) is 0 Å². The van der Waals surface area contributed by atoms with E-state index in [0.29, 0.717) is 19.3 Å². The second-order valence-electron chi connectivity index (χ2n) is 16.2. The Morgan fingerprint density at radius 2 is 0.645 bits per heavy atom. The molecule has 0 aliphatic carbocycles. The van der Waals surface area contributed by atoms with Crippen molar-refractivity contribution in [2.75, 3.05) is 13.2 Å². The van der Waals surface area contributed by atoms with Crippen molar-refractivity contribution in [3.05, 3.63) is 109 Å². The summed E-state index contributed by atoms with van der Waals surface area (Å²) in [5.74, 6) is -0.997. The minimum Gasteiger partial charge on any atom is -0.462 e. The number of hydrogen-bond donors (Lipinski definition) is 0. The van der Waals surface area contributed by atoms with E-state index in [0.717, 1.165) is 103 Å². The summed E-state index contributed by atoms with van der Waals surface area (Å²) in [6.07, 6.45) is 66.4. The zero-order chi connectivity index (χ0) is 45.1. The lowest BCUT2D eigenvalue weighted by Crippen LogP contribution is -2.30. The quantitative estimate of drug-likeness (QED) is 0.0200. The average Bonchev–Trinajstić information content (AvgIpc) is 3.27. The molecule has 1 unspecified atom stereocenters. The number of ether oxygens (including phenoxy) is 3. The summed E-state index contributed by atoms with van der Waals surface area (Å²) in [5.41, 5.74) is 0. The SMILES string of the molecule is CC/C=C/C=C/C=C/C=C/CCCCCC(=O)OC(COC(=O)CCCCC/C=C/CCCCCCCC)COC(=O)CCCCCCC/C=C/C=C/C=C/C=C/CCCCC. The van der Waals surface area contributed by atoms with E-state index in [-0.39, 0.29) is 37.5 Å². The van der Waals surface area contributed by atoms with Crippen molar-refractivity contribution in [2.45, 2.75) is 213 Å². The van der Waals surface area contributed by atoms with Crippen LogP contribution in [0.15, 0.2) is 109 Å². The lowest BCUT2D eigenvalue weighted by atomic mass is 10.1. The summed E-state index contributed by atoms with van der Waals surface area (Å²) >= 11 is 0. The van der Waals surface area contributed by atoms with Crippen molar-refractivity contribution in [3.63, 3.8) is 0 Å². The summed E-state index contributed by atoms with van der Waals surface area (Å²) in [6, 6.07) is 0. The van der Waals surface area contributed by atoms with Crippen LogP contribution in [-0.2, 0) is 28.6 Å². The van der Waals surface area contributed by atoms with E-state index in [9.17, 15) is 14.4 Å². The number of allylic oxidation sites excluding steroid dienone is 18. The van der Waals surface area contributed by atoms with Gasteiger partial charge in [-0.2, -0.15) is 0 Å². The molecule has 1 atom stereocenters. The van der Waals surface area contributed by atoms with Crippen LogP contribution in [0.1, 0.15) is 207 Å². The first-order chi connectivity index (χ1) is 30.5. The highest BCUT2D eigenvalue weighted by molar-refractivity contribution is 5.71. The molecule has 0 radical (unpaired) electrons. The Hall–Kier alpha value is -3.93. The van der Waals surface area contributed by atoms with Gasteiger partial charge in [0.2, 0.25) is 0 Å². The van der Waals surface area contributed by atoms with Crippen LogP contribution >= 0.6 is 0 Å². The Kier molecular flexibility index (Phi) is 46.6. The van der Waals surface area contributed by atoms with Crippen molar-refractivity contribution in [1.82, 2.24) is 0 Å². The molecule has 0 heterocycles. The van der Waals surface area contributed by atoms with Gasteiger partial charge in [0.15, 0.2) is 6.10 Å². The Morgan fingerprint density at radius 3 is 1.08 bits per heavy atom. The van der Waals surface area contributed by atoms with E-state index < -0.39 is 6.10 Å². The molecule has 350 valence electrons. The minimum atomic E-state index is -0.815. The highest BCUT2D eigenvalue weighted by atomic mass is 16.6. The first-order valence-corrected chi connectivity index (χ1v) is 25.0. The van der Waals surface area contributed by atoms with Gasteiger partial charge in [0.1, 0.15) is 13.2 Å². The van der Waals surface area contributed by atoms with Crippen molar-refractivity contribution in [3.8, 4) is 0 Å². The molecule has 0 amide bonds. The molecule has 0 aromatic carbocycles. The minimum absolute atomic E-state index is 0.112. The smallest absolute Gasteiger partial charge is 0.306 e. The van der Waals surface area contributed by atoms with Gasteiger partial charge in [0, 0.05) is 19.3 Å². The monoisotopic (exact) mass is 859 g/mol. The lowest BCUT2D eigenvalue weighted by Gasteiger charge is -2.18. The molecule has 0 fully saturated rings. The van der Waals surface area contributed by atoms with Crippen LogP contribution in [0.3, 0.4) is 0 Å². The van der Waals surface area contributed by atoms with E-state index >= 15 is 0 Å². The number of rotatable bonds is 43. The molecule has 0 spiro atoms. The number of unbranched alkanes of at least 4 members (excludes halogenated alkanes) is 20. The number of esters is 3. The van der Waals surface area contributed by atoms with Crippen LogP contribution < -0.4 is 0 Å². The van der Waals surface area contributed by atoms with Crippen molar-refractivity contribution >= 4 is 17.9 Å². The van der Waals surface area contributed by atoms with Gasteiger partial charge < -0.3 is 14.2 Å². The summed E-state index contributed by atoms with van der Waals surface area (Å²) in [6.45, 7) is 6.36. The maximum atomic E-state index is 12.8. The Labute approximate surface area is 380 Å². The van der Waals surface area contributed by atoms with Gasteiger partial charge >= 0.3 is 17.9 Å². The van der Waals surface area contributed by atoms with E-state index in [1.807, 2.05) is 36.5 Å². The van der Waals surface area contributed by atoms with Crippen LogP contribution in [-0.4, -0.2) is 37.2 Å². The third-order valence-electron chi connectivity index (χ3n) is 10.2. The van der Waals surface area contributed by atoms with E-state index in [4.69, 9.17) is 14.2 Å². The van der Waals surface area contributed by atoms with E-state index in [1.165, 1.54) is 57.8 Å². The van der Waals surface area contributed by atoms with E-state index in [2.05, 4.69) is 93.7 Å². The molecule has 0 rings (SSSR count). The predicted molar refractivity (Wildman–Crippen MR) is 265 cm³/mol. The van der Waals surface area contributed by atoms with Gasteiger partial charge in [-0.1, -0.05) is 207 Å². The fourth-order valence-electron chi connectivity index (χ4n) is 6.40.